The molecule has 1 unspecified atom stereocenters. The number of rotatable bonds is 5. The molecule has 2 fully saturated rings. The minimum absolute atomic E-state index is 0.163. The molecule has 31 heavy (non-hydrogen) atoms. The van der Waals surface area contributed by atoms with Gasteiger partial charge in [0.25, 0.3) is 0 Å². The standard InChI is InChI=1S/C22H26ClN3O4S/c23-18-8-9-21(25-11-13-30-14-12-25)20(15-18)24-22(27)17-5-4-10-26(16-17)31(28,29)19-6-2-1-3-7-19/h1-3,6-9,15,17H,4-5,10-14,16H2,(H,24,27). The second kappa shape index (κ2) is 9.56. The van der Waals surface area contributed by atoms with E-state index in [0.29, 0.717) is 43.3 Å². The van der Waals surface area contributed by atoms with E-state index in [9.17, 15) is 13.2 Å². The molecule has 7 nitrogen and oxygen atoms in total. The van der Waals surface area contributed by atoms with Gasteiger partial charge >= 0.3 is 0 Å². The van der Waals surface area contributed by atoms with Crippen LogP contribution in [-0.4, -0.2) is 58.0 Å². The van der Waals surface area contributed by atoms with Gasteiger partial charge in [0.1, 0.15) is 0 Å². The van der Waals surface area contributed by atoms with Gasteiger partial charge in [0.15, 0.2) is 0 Å². The van der Waals surface area contributed by atoms with E-state index in [4.69, 9.17) is 16.3 Å². The van der Waals surface area contributed by atoms with Crippen molar-refractivity contribution in [2.24, 2.45) is 5.92 Å². The lowest BCUT2D eigenvalue weighted by molar-refractivity contribution is -0.120. The van der Waals surface area contributed by atoms with Crippen molar-refractivity contribution in [1.29, 1.82) is 0 Å². The van der Waals surface area contributed by atoms with Crippen LogP contribution < -0.4 is 10.2 Å². The number of benzene rings is 2. The molecule has 166 valence electrons. The van der Waals surface area contributed by atoms with Gasteiger partial charge in [0.05, 0.1) is 35.4 Å². The highest BCUT2D eigenvalue weighted by molar-refractivity contribution is 7.89. The quantitative estimate of drug-likeness (QED) is 0.736. The number of anilines is 2. The molecule has 0 radical (unpaired) electrons. The van der Waals surface area contributed by atoms with Crippen LogP contribution >= 0.6 is 11.6 Å². The Bertz CT molecular complexity index is 1030. The first-order valence-electron chi connectivity index (χ1n) is 10.4. The summed E-state index contributed by atoms with van der Waals surface area (Å²) in [6, 6.07) is 13.8. The van der Waals surface area contributed by atoms with E-state index in [1.165, 1.54) is 4.31 Å². The van der Waals surface area contributed by atoms with Gasteiger partial charge in [-0.25, -0.2) is 8.42 Å². The number of sulfonamides is 1. The molecule has 0 saturated carbocycles. The highest BCUT2D eigenvalue weighted by Crippen LogP contribution is 2.31. The summed E-state index contributed by atoms with van der Waals surface area (Å²) in [5, 5.41) is 3.53. The number of hydrogen-bond acceptors (Lipinski definition) is 5. The Balaban J connectivity index is 1.50. The fourth-order valence-electron chi connectivity index (χ4n) is 4.04. The molecular weight excluding hydrogens is 438 g/mol. The minimum atomic E-state index is -3.62. The van der Waals surface area contributed by atoms with Crippen LogP contribution in [-0.2, 0) is 19.6 Å². The Morgan fingerprint density at radius 2 is 1.81 bits per heavy atom. The van der Waals surface area contributed by atoms with Crippen LogP contribution in [0.4, 0.5) is 11.4 Å². The van der Waals surface area contributed by atoms with Crippen molar-refractivity contribution in [3.8, 4) is 0 Å². The molecule has 4 rings (SSSR count). The van der Waals surface area contributed by atoms with E-state index in [2.05, 4.69) is 10.2 Å². The van der Waals surface area contributed by atoms with Crippen molar-refractivity contribution >= 4 is 38.9 Å². The van der Waals surface area contributed by atoms with Crippen LogP contribution in [0.1, 0.15) is 12.8 Å². The first-order chi connectivity index (χ1) is 14.9. The molecule has 2 aromatic carbocycles. The number of nitrogens with zero attached hydrogens (tertiary/aromatic N) is 2. The molecule has 2 saturated heterocycles. The molecule has 2 aliphatic heterocycles. The highest BCUT2D eigenvalue weighted by Gasteiger charge is 2.33. The topological polar surface area (TPSA) is 79.0 Å². The molecule has 2 aliphatic rings. The number of ether oxygens (including phenoxy) is 1. The van der Waals surface area contributed by atoms with Crippen LogP contribution in [0.3, 0.4) is 0 Å². The largest absolute Gasteiger partial charge is 0.378 e. The summed E-state index contributed by atoms with van der Waals surface area (Å²) in [6.07, 6.45) is 1.27. The number of piperidine rings is 1. The fourth-order valence-corrected chi connectivity index (χ4v) is 5.76. The molecule has 2 aromatic rings. The summed E-state index contributed by atoms with van der Waals surface area (Å²) in [6.45, 7) is 3.30. The average Bonchev–Trinajstić information content (AvgIpc) is 2.80. The van der Waals surface area contributed by atoms with Gasteiger partial charge in [-0.3, -0.25) is 4.79 Å². The summed E-state index contributed by atoms with van der Waals surface area (Å²) in [7, 11) is -3.62. The van der Waals surface area contributed by atoms with E-state index in [-0.39, 0.29) is 17.3 Å². The lowest BCUT2D eigenvalue weighted by atomic mass is 9.98. The smallest absolute Gasteiger partial charge is 0.243 e. The predicted molar refractivity (Wildman–Crippen MR) is 121 cm³/mol. The summed E-state index contributed by atoms with van der Waals surface area (Å²) in [5.74, 6) is -0.617. The summed E-state index contributed by atoms with van der Waals surface area (Å²) >= 11 is 6.19. The number of carbonyl (C=O) groups excluding carboxylic acids is 1. The average molecular weight is 464 g/mol. The third-order valence-electron chi connectivity index (χ3n) is 5.70. The van der Waals surface area contributed by atoms with Gasteiger partial charge < -0.3 is 15.0 Å². The lowest BCUT2D eigenvalue weighted by Crippen LogP contribution is -2.44. The molecule has 1 N–H and O–H groups in total. The summed E-state index contributed by atoms with van der Waals surface area (Å²) in [5.41, 5.74) is 1.54. The SMILES string of the molecule is O=C(Nc1cc(Cl)ccc1N1CCOCC1)C1CCCN(S(=O)(=O)c2ccccc2)C1. The maximum atomic E-state index is 13.1. The first kappa shape index (κ1) is 22.1. The fraction of sp³-hybridized carbons (Fsp3) is 0.409. The van der Waals surface area contributed by atoms with E-state index in [1.54, 1.807) is 42.5 Å². The Morgan fingerprint density at radius 1 is 1.06 bits per heavy atom. The zero-order valence-electron chi connectivity index (χ0n) is 17.2. The number of amides is 1. The normalized spacial score (nSPS) is 20.4. The summed E-state index contributed by atoms with van der Waals surface area (Å²) in [4.78, 5) is 15.5. The van der Waals surface area contributed by atoms with Crippen molar-refractivity contribution in [3.05, 3.63) is 53.6 Å². The van der Waals surface area contributed by atoms with E-state index in [0.717, 1.165) is 18.8 Å². The molecule has 0 bridgehead atoms. The van der Waals surface area contributed by atoms with E-state index >= 15 is 0 Å². The zero-order chi connectivity index (χ0) is 21.8. The van der Waals surface area contributed by atoms with Gasteiger partial charge in [0.2, 0.25) is 15.9 Å². The number of hydrogen-bond donors (Lipinski definition) is 1. The Labute approximate surface area is 188 Å². The Hall–Kier alpha value is -2.13. The van der Waals surface area contributed by atoms with Gasteiger partial charge in [-0.2, -0.15) is 4.31 Å². The third-order valence-corrected chi connectivity index (χ3v) is 7.82. The number of nitrogens with one attached hydrogen (secondary N) is 1. The van der Waals surface area contributed by atoms with Crippen molar-refractivity contribution in [2.45, 2.75) is 17.7 Å². The van der Waals surface area contributed by atoms with Crippen LogP contribution in [0.2, 0.25) is 5.02 Å². The van der Waals surface area contributed by atoms with Gasteiger partial charge in [0, 0.05) is 31.2 Å². The van der Waals surface area contributed by atoms with E-state index < -0.39 is 15.9 Å². The monoisotopic (exact) mass is 463 g/mol. The molecule has 0 aliphatic carbocycles. The van der Waals surface area contributed by atoms with Crippen LogP contribution in [0, 0.1) is 5.92 Å². The maximum Gasteiger partial charge on any atom is 0.243 e. The number of morpholine rings is 1. The number of halogens is 1. The van der Waals surface area contributed by atoms with Crippen molar-refractivity contribution in [3.63, 3.8) is 0 Å². The zero-order valence-corrected chi connectivity index (χ0v) is 18.7. The van der Waals surface area contributed by atoms with Gasteiger partial charge in [-0.1, -0.05) is 29.8 Å². The first-order valence-corrected chi connectivity index (χ1v) is 12.3. The minimum Gasteiger partial charge on any atom is -0.378 e. The lowest BCUT2D eigenvalue weighted by Gasteiger charge is -2.33. The van der Waals surface area contributed by atoms with Crippen LogP contribution in [0.5, 0.6) is 0 Å². The second-order valence-electron chi connectivity index (χ2n) is 7.77. The summed E-state index contributed by atoms with van der Waals surface area (Å²) < 4.78 is 32.8. The van der Waals surface area contributed by atoms with Crippen LogP contribution in [0.15, 0.2) is 53.4 Å². The molecule has 1 atom stereocenters. The molecule has 0 spiro atoms. The predicted octanol–water partition coefficient (Wildman–Crippen LogP) is 3.22. The molecule has 2 heterocycles. The Morgan fingerprint density at radius 3 is 2.55 bits per heavy atom. The van der Waals surface area contributed by atoms with Crippen molar-refractivity contribution in [2.75, 3.05) is 49.6 Å². The van der Waals surface area contributed by atoms with Gasteiger partial charge in [-0.05, 0) is 43.2 Å². The molecule has 9 heteroatoms. The molecular formula is C22H26ClN3O4S. The molecule has 1 amide bonds. The third kappa shape index (κ3) is 5.03. The van der Waals surface area contributed by atoms with Crippen molar-refractivity contribution < 1.29 is 17.9 Å². The van der Waals surface area contributed by atoms with Crippen molar-refractivity contribution in [1.82, 2.24) is 4.31 Å². The highest BCUT2D eigenvalue weighted by atomic mass is 35.5. The maximum absolute atomic E-state index is 13.1. The van der Waals surface area contributed by atoms with E-state index in [1.807, 2.05) is 6.07 Å². The Kier molecular flexibility index (Phi) is 6.81. The van der Waals surface area contributed by atoms with Gasteiger partial charge in [-0.15, -0.1) is 0 Å². The molecule has 0 aromatic heterocycles. The number of carbonyl (C=O) groups is 1. The van der Waals surface area contributed by atoms with Crippen LogP contribution in [0.25, 0.3) is 0 Å². The second-order valence-corrected chi connectivity index (χ2v) is 10.1.